The summed E-state index contributed by atoms with van der Waals surface area (Å²) in [6.45, 7) is 2.15. The number of carbonyl (C=O) groups excluding carboxylic acids is 2. The monoisotopic (exact) mass is 543 g/mol. The van der Waals surface area contributed by atoms with Crippen LogP contribution in [0.15, 0.2) is 78.9 Å². The van der Waals surface area contributed by atoms with Gasteiger partial charge in [-0.25, -0.2) is 0 Å². The first-order valence-electron chi connectivity index (χ1n) is 13.5. The molecule has 2 bridgehead atoms. The fraction of sp³-hybridized carbons (Fsp3) is 0.375. The number of amides is 2. The Balaban J connectivity index is 1.52. The van der Waals surface area contributed by atoms with Crippen molar-refractivity contribution in [2.75, 3.05) is 27.9 Å². The fourth-order valence-corrected chi connectivity index (χ4v) is 6.70. The lowest BCUT2D eigenvalue weighted by molar-refractivity contribution is -0.145. The number of benzene rings is 3. The van der Waals surface area contributed by atoms with E-state index < -0.39 is 41.9 Å². The van der Waals surface area contributed by atoms with Crippen LogP contribution in [0.3, 0.4) is 0 Å². The number of fused-ring (bicyclic) bond motifs is 5. The minimum Gasteiger partial charge on any atom is -0.497 e. The molecule has 6 rings (SSSR count). The van der Waals surface area contributed by atoms with Gasteiger partial charge in [0.05, 0.1) is 38.3 Å². The van der Waals surface area contributed by atoms with Crippen LogP contribution in [0, 0.1) is 11.8 Å². The first kappa shape index (κ1) is 26.5. The van der Waals surface area contributed by atoms with E-state index in [4.69, 9.17) is 23.7 Å². The third kappa shape index (κ3) is 3.85. The van der Waals surface area contributed by atoms with Crippen LogP contribution >= 0.6 is 0 Å². The molecular formula is C32H33NO7. The highest BCUT2D eigenvalue weighted by Crippen LogP contribution is 2.53. The molecule has 3 aromatic carbocycles. The summed E-state index contributed by atoms with van der Waals surface area (Å²) in [6, 6.07) is 25.5. The minimum atomic E-state index is -1.11. The second-order valence-corrected chi connectivity index (χ2v) is 10.3. The molecule has 3 saturated heterocycles. The van der Waals surface area contributed by atoms with Gasteiger partial charge in [-0.1, -0.05) is 54.6 Å². The summed E-state index contributed by atoms with van der Waals surface area (Å²) in [6.07, 6.45) is -2.38. The number of likely N-dealkylation sites (tertiary alicyclic amines) is 1. The predicted molar refractivity (Wildman–Crippen MR) is 146 cm³/mol. The molecule has 6 atom stereocenters. The van der Waals surface area contributed by atoms with Gasteiger partial charge in [0, 0.05) is 13.7 Å². The standard InChI is InChI=1S/C32H33NO7/c1-5-33-30(34)24-25(31(33)35)27-29(28(38-4)26(24)39-27)40-32(19-9-7-6-8-10-19,20-11-15-22(36-2)16-12-20)21-13-17-23(37-3)18-14-21/h6-18,24-29H,5H2,1-4H3/t24?,25?,26?,27?,28-,29+/m0/s1. The van der Waals surface area contributed by atoms with E-state index >= 15 is 0 Å². The van der Waals surface area contributed by atoms with Crippen molar-refractivity contribution in [3.63, 3.8) is 0 Å². The van der Waals surface area contributed by atoms with Gasteiger partial charge in [-0.2, -0.15) is 0 Å². The Labute approximate surface area is 233 Å². The quantitative estimate of drug-likeness (QED) is 0.300. The highest BCUT2D eigenvalue weighted by Gasteiger charge is 2.70. The second kappa shape index (κ2) is 10.4. The van der Waals surface area contributed by atoms with Gasteiger partial charge in [-0.15, -0.1) is 0 Å². The van der Waals surface area contributed by atoms with Gasteiger partial charge in [0.2, 0.25) is 11.8 Å². The van der Waals surface area contributed by atoms with Crippen molar-refractivity contribution in [2.45, 2.75) is 36.9 Å². The number of ether oxygens (including phenoxy) is 5. The van der Waals surface area contributed by atoms with Gasteiger partial charge in [0.25, 0.3) is 0 Å². The number of rotatable bonds is 9. The molecule has 2 amide bonds. The number of methoxy groups -OCH3 is 3. The van der Waals surface area contributed by atoms with Gasteiger partial charge in [-0.05, 0) is 47.9 Å². The van der Waals surface area contributed by atoms with Gasteiger partial charge in [-0.3, -0.25) is 14.5 Å². The molecule has 8 heteroatoms. The molecule has 3 heterocycles. The van der Waals surface area contributed by atoms with Crippen LogP contribution < -0.4 is 9.47 Å². The first-order chi connectivity index (χ1) is 19.5. The van der Waals surface area contributed by atoms with E-state index in [2.05, 4.69) is 0 Å². The van der Waals surface area contributed by atoms with Crippen molar-refractivity contribution in [2.24, 2.45) is 11.8 Å². The molecule has 0 N–H and O–H groups in total. The Bertz CT molecular complexity index is 1330. The van der Waals surface area contributed by atoms with Crippen LogP contribution in [0.5, 0.6) is 11.5 Å². The Morgan fingerprint density at radius 1 is 0.700 bits per heavy atom. The maximum absolute atomic E-state index is 13.4. The van der Waals surface area contributed by atoms with Gasteiger partial charge < -0.3 is 23.7 Å². The van der Waals surface area contributed by atoms with Crippen molar-refractivity contribution in [3.05, 3.63) is 95.6 Å². The molecule has 3 fully saturated rings. The van der Waals surface area contributed by atoms with Crippen LogP contribution in [0.4, 0.5) is 0 Å². The maximum atomic E-state index is 13.4. The third-order valence-corrected chi connectivity index (χ3v) is 8.56. The zero-order valence-corrected chi connectivity index (χ0v) is 23.0. The van der Waals surface area contributed by atoms with E-state index in [1.807, 2.05) is 85.8 Å². The molecule has 0 aromatic heterocycles. The van der Waals surface area contributed by atoms with Crippen molar-refractivity contribution in [1.29, 1.82) is 0 Å². The summed E-state index contributed by atoms with van der Waals surface area (Å²) in [4.78, 5) is 27.9. The van der Waals surface area contributed by atoms with Gasteiger partial charge >= 0.3 is 0 Å². The highest BCUT2D eigenvalue weighted by molar-refractivity contribution is 6.06. The molecule has 3 aromatic rings. The van der Waals surface area contributed by atoms with Crippen LogP contribution in [-0.2, 0) is 29.4 Å². The van der Waals surface area contributed by atoms with E-state index in [0.29, 0.717) is 6.54 Å². The topological polar surface area (TPSA) is 83.5 Å². The molecule has 0 saturated carbocycles. The van der Waals surface area contributed by atoms with Crippen molar-refractivity contribution in [3.8, 4) is 11.5 Å². The summed E-state index contributed by atoms with van der Waals surface area (Å²) >= 11 is 0. The van der Waals surface area contributed by atoms with Crippen LogP contribution in [0.2, 0.25) is 0 Å². The summed E-state index contributed by atoms with van der Waals surface area (Å²) in [5.74, 6) is -0.117. The Morgan fingerprint density at radius 2 is 1.18 bits per heavy atom. The zero-order chi connectivity index (χ0) is 28.0. The van der Waals surface area contributed by atoms with E-state index in [0.717, 1.165) is 28.2 Å². The maximum Gasteiger partial charge on any atom is 0.235 e. The Hall–Kier alpha value is -3.72. The fourth-order valence-electron chi connectivity index (χ4n) is 6.70. The number of imide groups is 1. The Kier molecular flexibility index (Phi) is 6.86. The largest absolute Gasteiger partial charge is 0.497 e. The predicted octanol–water partition coefficient (Wildman–Crippen LogP) is 3.80. The molecule has 3 aliphatic rings. The molecule has 3 aliphatic heterocycles. The lowest BCUT2D eigenvalue weighted by Crippen LogP contribution is -2.53. The number of nitrogens with zero attached hydrogens (tertiary/aromatic N) is 1. The molecule has 0 spiro atoms. The zero-order valence-electron chi connectivity index (χ0n) is 23.0. The minimum absolute atomic E-state index is 0.190. The highest BCUT2D eigenvalue weighted by atomic mass is 16.6. The van der Waals surface area contributed by atoms with Crippen LogP contribution in [0.25, 0.3) is 0 Å². The van der Waals surface area contributed by atoms with E-state index in [1.165, 1.54) is 4.90 Å². The summed E-state index contributed by atoms with van der Waals surface area (Å²) in [5, 5.41) is 0. The first-order valence-corrected chi connectivity index (χ1v) is 13.5. The SMILES string of the molecule is CCN1C(=O)C2C(C1=O)C1OC2[C@@H](OC(c2ccccc2)(c2ccc(OC)cc2)c2ccc(OC)cc2)[C@H]1OC. The van der Waals surface area contributed by atoms with E-state index in [1.54, 1.807) is 21.3 Å². The van der Waals surface area contributed by atoms with Gasteiger partial charge in [0.15, 0.2) is 0 Å². The van der Waals surface area contributed by atoms with Crippen molar-refractivity contribution < 1.29 is 33.3 Å². The number of carbonyl (C=O) groups is 2. The molecule has 8 nitrogen and oxygen atoms in total. The molecule has 208 valence electrons. The molecule has 4 unspecified atom stereocenters. The lowest BCUT2D eigenvalue weighted by Gasteiger charge is -2.42. The number of hydrogen-bond donors (Lipinski definition) is 0. The summed E-state index contributed by atoms with van der Waals surface area (Å²) in [5.41, 5.74) is 1.51. The van der Waals surface area contributed by atoms with Gasteiger partial charge in [0.1, 0.15) is 29.3 Å². The average molecular weight is 544 g/mol. The average Bonchev–Trinajstić information content (AvgIpc) is 3.64. The number of hydrogen-bond acceptors (Lipinski definition) is 7. The Morgan fingerprint density at radius 3 is 1.62 bits per heavy atom. The second-order valence-electron chi connectivity index (χ2n) is 10.3. The van der Waals surface area contributed by atoms with Crippen molar-refractivity contribution in [1.82, 2.24) is 4.90 Å². The van der Waals surface area contributed by atoms with Crippen LogP contribution in [0.1, 0.15) is 23.6 Å². The molecule has 0 radical (unpaired) electrons. The summed E-state index contributed by atoms with van der Waals surface area (Å²) in [7, 11) is 4.86. The van der Waals surface area contributed by atoms with Crippen molar-refractivity contribution >= 4 is 11.8 Å². The normalized spacial score (nSPS) is 27.2. The van der Waals surface area contributed by atoms with E-state index in [9.17, 15) is 9.59 Å². The smallest absolute Gasteiger partial charge is 0.235 e. The third-order valence-electron chi connectivity index (χ3n) is 8.56. The van der Waals surface area contributed by atoms with E-state index in [-0.39, 0.29) is 11.8 Å². The molecular weight excluding hydrogens is 510 g/mol. The summed E-state index contributed by atoms with van der Waals surface area (Å²) < 4.78 is 30.5. The van der Waals surface area contributed by atoms with Crippen LogP contribution in [-0.4, -0.2) is 69.0 Å². The molecule has 40 heavy (non-hydrogen) atoms. The lowest BCUT2D eigenvalue weighted by atomic mass is 9.76. The molecule has 0 aliphatic carbocycles.